The van der Waals surface area contributed by atoms with Crippen LogP contribution in [-0.4, -0.2) is 41.2 Å². The Kier molecular flexibility index (Phi) is 5.23. The average Bonchev–Trinajstić information content (AvgIpc) is 1.96. The number of carboxylic acid groups (broad SMARTS) is 1. The maximum absolute atomic E-state index is 10.7. The summed E-state index contributed by atoms with van der Waals surface area (Å²) in [7, 11) is 0. The van der Waals surface area contributed by atoms with Crippen molar-refractivity contribution in [1.29, 1.82) is 0 Å². The topological polar surface area (TPSA) is 86.6 Å². The van der Waals surface area contributed by atoms with Crippen LogP contribution in [0.25, 0.3) is 0 Å². The SMILES string of the molecule is CC(=O)[C@H](CO)NCCC(=O)O. The number of hydrogen-bond donors (Lipinski definition) is 3. The Bertz CT molecular complexity index is 169. The molecule has 0 unspecified atom stereocenters. The number of Topliss-reactive ketones (excluding diaryl/α,β-unsaturated/α-hetero) is 1. The number of aliphatic hydroxyl groups is 1. The van der Waals surface area contributed by atoms with E-state index < -0.39 is 12.0 Å². The quantitative estimate of drug-likeness (QED) is 0.482. The van der Waals surface area contributed by atoms with Gasteiger partial charge in [-0.3, -0.25) is 9.59 Å². The molecule has 0 spiro atoms. The Morgan fingerprint density at radius 1 is 1.50 bits per heavy atom. The monoisotopic (exact) mass is 175 g/mol. The van der Waals surface area contributed by atoms with Gasteiger partial charge in [0.25, 0.3) is 0 Å². The molecule has 0 bridgehead atoms. The summed E-state index contributed by atoms with van der Waals surface area (Å²) >= 11 is 0. The summed E-state index contributed by atoms with van der Waals surface area (Å²) in [4.78, 5) is 20.7. The fraction of sp³-hybridized carbons (Fsp3) is 0.714. The number of carbonyl (C=O) groups is 2. The third-order valence-electron chi connectivity index (χ3n) is 1.40. The van der Waals surface area contributed by atoms with E-state index in [9.17, 15) is 9.59 Å². The Labute approximate surface area is 70.4 Å². The van der Waals surface area contributed by atoms with E-state index in [1.807, 2.05) is 0 Å². The summed E-state index contributed by atoms with van der Waals surface area (Å²) in [6.07, 6.45) is -0.0518. The molecule has 70 valence electrons. The number of carbonyl (C=O) groups excluding carboxylic acids is 1. The smallest absolute Gasteiger partial charge is 0.304 e. The number of aliphatic hydroxyl groups excluding tert-OH is 1. The van der Waals surface area contributed by atoms with Crippen LogP contribution >= 0.6 is 0 Å². The van der Waals surface area contributed by atoms with Gasteiger partial charge in [-0.2, -0.15) is 0 Å². The van der Waals surface area contributed by atoms with Crippen molar-refractivity contribution in [2.24, 2.45) is 0 Å². The first-order chi connectivity index (χ1) is 5.57. The zero-order valence-electron chi connectivity index (χ0n) is 6.91. The second-order valence-corrected chi connectivity index (χ2v) is 2.44. The Balaban J connectivity index is 3.59. The highest BCUT2D eigenvalue weighted by atomic mass is 16.4. The van der Waals surface area contributed by atoms with E-state index in [0.717, 1.165) is 0 Å². The van der Waals surface area contributed by atoms with E-state index in [2.05, 4.69) is 5.32 Å². The second kappa shape index (κ2) is 5.68. The van der Waals surface area contributed by atoms with Crippen LogP contribution in [-0.2, 0) is 9.59 Å². The van der Waals surface area contributed by atoms with Gasteiger partial charge < -0.3 is 15.5 Å². The Morgan fingerprint density at radius 3 is 2.42 bits per heavy atom. The lowest BCUT2D eigenvalue weighted by Crippen LogP contribution is -2.39. The molecule has 0 aromatic rings. The lowest BCUT2D eigenvalue weighted by atomic mass is 10.2. The van der Waals surface area contributed by atoms with Crippen LogP contribution in [0, 0.1) is 0 Å². The van der Waals surface area contributed by atoms with E-state index >= 15 is 0 Å². The maximum atomic E-state index is 10.7. The highest BCUT2D eigenvalue weighted by Crippen LogP contribution is 1.85. The van der Waals surface area contributed by atoms with Crippen LogP contribution in [0.4, 0.5) is 0 Å². The van der Waals surface area contributed by atoms with Crippen LogP contribution < -0.4 is 5.32 Å². The minimum absolute atomic E-state index is 0.0518. The van der Waals surface area contributed by atoms with Crippen molar-refractivity contribution in [2.45, 2.75) is 19.4 Å². The molecule has 0 saturated carbocycles. The fourth-order valence-electron chi connectivity index (χ4n) is 0.690. The number of carboxylic acids is 1. The predicted octanol–water partition coefficient (Wildman–Crippen LogP) is -0.999. The van der Waals surface area contributed by atoms with Crippen molar-refractivity contribution < 1.29 is 19.8 Å². The van der Waals surface area contributed by atoms with Crippen LogP contribution in [0.3, 0.4) is 0 Å². The molecule has 0 aliphatic carbocycles. The molecule has 0 fully saturated rings. The lowest BCUT2D eigenvalue weighted by Gasteiger charge is -2.11. The molecule has 5 nitrogen and oxygen atoms in total. The standard InChI is InChI=1S/C7H13NO4/c1-5(10)6(4-9)8-3-2-7(11)12/h6,8-9H,2-4H2,1H3,(H,11,12)/t6-/m0/s1. The molecular weight excluding hydrogens is 162 g/mol. The fourth-order valence-corrected chi connectivity index (χ4v) is 0.690. The highest BCUT2D eigenvalue weighted by molar-refractivity contribution is 5.81. The molecule has 0 amide bonds. The molecule has 0 aliphatic rings. The summed E-state index contributed by atoms with van der Waals surface area (Å²) in [5.74, 6) is -1.12. The van der Waals surface area contributed by atoms with Crippen molar-refractivity contribution in [3.63, 3.8) is 0 Å². The van der Waals surface area contributed by atoms with E-state index in [-0.39, 0.29) is 25.4 Å². The molecule has 0 rings (SSSR count). The van der Waals surface area contributed by atoms with Gasteiger partial charge in [0, 0.05) is 6.54 Å². The van der Waals surface area contributed by atoms with Gasteiger partial charge in [0.2, 0.25) is 0 Å². The van der Waals surface area contributed by atoms with Gasteiger partial charge in [-0.05, 0) is 6.92 Å². The van der Waals surface area contributed by atoms with Crippen LogP contribution in [0.1, 0.15) is 13.3 Å². The summed E-state index contributed by atoms with van der Waals surface area (Å²) in [6, 6.07) is -0.635. The largest absolute Gasteiger partial charge is 0.481 e. The van der Waals surface area contributed by atoms with E-state index in [1.54, 1.807) is 0 Å². The molecular formula is C7H13NO4. The average molecular weight is 175 g/mol. The molecule has 0 aromatic carbocycles. The molecule has 5 heteroatoms. The van der Waals surface area contributed by atoms with Gasteiger partial charge in [-0.15, -0.1) is 0 Å². The summed E-state index contributed by atoms with van der Waals surface area (Å²) in [6.45, 7) is 1.24. The number of rotatable bonds is 6. The molecule has 0 saturated heterocycles. The van der Waals surface area contributed by atoms with Crippen molar-refractivity contribution >= 4 is 11.8 Å². The number of hydrogen-bond acceptors (Lipinski definition) is 4. The van der Waals surface area contributed by atoms with Crippen molar-refractivity contribution in [2.75, 3.05) is 13.2 Å². The molecule has 0 radical (unpaired) electrons. The zero-order valence-corrected chi connectivity index (χ0v) is 6.91. The Morgan fingerprint density at radius 2 is 2.08 bits per heavy atom. The number of aliphatic carboxylic acids is 1. The first-order valence-electron chi connectivity index (χ1n) is 3.64. The molecule has 0 heterocycles. The third kappa shape index (κ3) is 4.81. The maximum Gasteiger partial charge on any atom is 0.304 e. The highest BCUT2D eigenvalue weighted by Gasteiger charge is 2.11. The van der Waals surface area contributed by atoms with Crippen LogP contribution in [0.5, 0.6) is 0 Å². The summed E-state index contributed by atoms with van der Waals surface area (Å²) < 4.78 is 0. The van der Waals surface area contributed by atoms with E-state index in [1.165, 1.54) is 6.92 Å². The number of nitrogens with one attached hydrogen (secondary N) is 1. The minimum Gasteiger partial charge on any atom is -0.481 e. The second-order valence-electron chi connectivity index (χ2n) is 2.44. The minimum atomic E-state index is -0.928. The molecule has 1 atom stereocenters. The van der Waals surface area contributed by atoms with Crippen LogP contribution in [0.2, 0.25) is 0 Å². The zero-order chi connectivity index (χ0) is 9.56. The number of ketones is 1. The van der Waals surface area contributed by atoms with Gasteiger partial charge >= 0.3 is 5.97 Å². The van der Waals surface area contributed by atoms with Gasteiger partial charge in [0.1, 0.15) is 5.78 Å². The van der Waals surface area contributed by atoms with Gasteiger partial charge in [-0.25, -0.2) is 0 Å². The van der Waals surface area contributed by atoms with Gasteiger partial charge in [-0.1, -0.05) is 0 Å². The van der Waals surface area contributed by atoms with Gasteiger partial charge in [0.05, 0.1) is 19.1 Å². The van der Waals surface area contributed by atoms with E-state index in [0.29, 0.717) is 0 Å². The Hall–Kier alpha value is -0.940. The third-order valence-corrected chi connectivity index (χ3v) is 1.40. The van der Waals surface area contributed by atoms with Crippen molar-refractivity contribution in [1.82, 2.24) is 5.32 Å². The van der Waals surface area contributed by atoms with E-state index in [4.69, 9.17) is 10.2 Å². The first-order valence-corrected chi connectivity index (χ1v) is 3.64. The normalized spacial score (nSPS) is 12.5. The summed E-state index contributed by atoms with van der Waals surface area (Å²) in [5.41, 5.74) is 0. The molecule has 3 N–H and O–H groups in total. The molecule has 0 aliphatic heterocycles. The van der Waals surface area contributed by atoms with Crippen molar-refractivity contribution in [3.8, 4) is 0 Å². The predicted molar refractivity (Wildman–Crippen MR) is 41.8 cm³/mol. The van der Waals surface area contributed by atoms with Crippen molar-refractivity contribution in [3.05, 3.63) is 0 Å². The molecule has 0 aromatic heterocycles. The van der Waals surface area contributed by atoms with Gasteiger partial charge in [0.15, 0.2) is 0 Å². The van der Waals surface area contributed by atoms with Crippen LogP contribution in [0.15, 0.2) is 0 Å². The first kappa shape index (κ1) is 11.1. The summed E-state index contributed by atoms with van der Waals surface area (Å²) in [5, 5.41) is 19.5. The lowest BCUT2D eigenvalue weighted by molar-refractivity contribution is -0.137. The molecule has 12 heavy (non-hydrogen) atoms.